The molecule has 2 heterocycles. The summed E-state index contributed by atoms with van der Waals surface area (Å²) in [6.45, 7) is 5.78. The second-order valence-corrected chi connectivity index (χ2v) is 7.40. The van der Waals surface area contributed by atoms with Crippen LogP contribution in [0.5, 0.6) is 0 Å². The smallest absolute Gasteiger partial charge is 0.241 e. The van der Waals surface area contributed by atoms with Crippen molar-refractivity contribution in [2.45, 2.75) is 32.7 Å². The van der Waals surface area contributed by atoms with Crippen LogP contribution in [0.2, 0.25) is 0 Å². The van der Waals surface area contributed by atoms with E-state index in [-0.39, 0.29) is 18.4 Å². The van der Waals surface area contributed by atoms with Gasteiger partial charge in [-0.25, -0.2) is 0 Å². The average Bonchev–Trinajstić information content (AvgIpc) is 3.01. The number of likely N-dealkylation sites (N-methyl/N-ethyl adjacent to an activating group) is 1. The number of hydrogen-bond donors (Lipinski definition) is 3. The van der Waals surface area contributed by atoms with Crippen molar-refractivity contribution in [1.29, 1.82) is 0 Å². The van der Waals surface area contributed by atoms with E-state index in [9.17, 15) is 9.59 Å². The van der Waals surface area contributed by atoms with Gasteiger partial charge in [0.05, 0.1) is 11.9 Å². The zero-order valence-electron chi connectivity index (χ0n) is 16.1. The first-order valence-corrected chi connectivity index (χ1v) is 9.38. The van der Waals surface area contributed by atoms with Crippen LogP contribution in [0.3, 0.4) is 0 Å². The second-order valence-electron chi connectivity index (χ2n) is 7.40. The number of carbonyl (C=O) groups excluding carboxylic acids is 2. The molecule has 0 aromatic carbocycles. The normalized spacial score (nSPS) is 16.5. The summed E-state index contributed by atoms with van der Waals surface area (Å²) in [5.74, 6) is 0.892. The molecule has 1 aliphatic heterocycles. The Balaban J connectivity index is 1.72. The maximum Gasteiger partial charge on any atom is 0.241 e. The number of hydrogen-bond acceptors (Lipinski definition) is 5. The molecule has 3 N–H and O–H groups in total. The number of rotatable bonds is 9. The van der Waals surface area contributed by atoms with Crippen molar-refractivity contribution in [2.24, 2.45) is 11.8 Å². The molecule has 1 aromatic heterocycles. The van der Waals surface area contributed by atoms with E-state index in [0.29, 0.717) is 30.5 Å². The van der Waals surface area contributed by atoms with Crippen molar-refractivity contribution in [2.75, 3.05) is 45.6 Å². The number of aromatic nitrogens is 2. The van der Waals surface area contributed by atoms with Crippen LogP contribution < -0.4 is 16.0 Å². The minimum Gasteiger partial charge on any atom is -0.353 e. The number of anilines is 1. The molecule has 26 heavy (non-hydrogen) atoms. The van der Waals surface area contributed by atoms with Crippen molar-refractivity contribution in [3.63, 3.8) is 0 Å². The van der Waals surface area contributed by atoms with Crippen molar-refractivity contribution in [1.82, 2.24) is 25.3 Å². The molecule has 0 spiro atoms. The summed E-state index contributed by atoms with van der Waals surface area (Å²) in [4.78, 5) is 26.1. The molecule has 8 nitrogen and oxygen atoms in total. The van der Waals surface area contributed by atoms with Crippen molar-refractivity contribution >= 4 is 17.5 Å². The molecule has 0 aliphatic carbocycles. The first-order valence-electron chi connectivity index (χ1n) is 9.38. The fourth-order valence-electron chi connectivity index (χ4n) is 3.22. The standard InChI is InChI=1S/C18H32N6O2/c1-14(15-4-6-19-7-5-15)10-17(25)22-16-11-21-24(12-16)13-18(26)20-8-9-23(2)3/h11-12,14-15,19H,4-10,13H2,1-3H3,(H,20,26)(H,22,25). The summed E-state index contributed by atoms with van der Waals surface area (Å²) in [6, 6.07) is 0. The van der Waals surface area contributed by atoms with Crippen LogP contribution in [0.4, 0.5) is 5.69 Å². The molecular formula is C18H32N6O2. The van der Waals surface area contributed by atoms with E-state index in [1.165, 1.54) is 4.68 Å². The fourth-order valence-corrected chi connectivity index (χ4v) is 3.22. The molecule has 0 bridgehead atoms. The predicted molar refractivity (Wildman–Crippen MR) is 102 cm³/mol. The Labute approximate surface area is 155 Å². The number of piperidine rings is 1. The Morgan fingerprint density at radius 1 is 1.35 bits per heavy atom. The number of nitrogens with zero attached hydrogens (tertiary/aromatic N) is 3. The molecule has 8 heteroatoms. The van der Waals surface area contributed by atoms with Crippen LogP contribution in [0.25, 0.3) is 0 Å². The number of carbonyl (C=O) groups is 2. The molecule has 1 aromatic rings. The highest BCUT2D eigenvalue weighted by molar-refractivity contribution is 5.90. The number of nitrogens with one attached hydrogen (secondary N) is 3. The highest BCUT2D eigenvalue weighted by atomic mass is 16.2. The predicted octanol–water partition coefficient (Wildman–Crippen LogP) is 0.525. The van der Waals surface area contributed by atoms with E-state index in [1.807, 2.05) is 19.0 Å². The van der Waals surface area contributed by atoms with Gasteiger partial charge in [0, 0.05) is 25.7 Å². The Morgan fingerprint density at radius 3 is 2.77 bits per heavy atom. The quantitative estimate of drug-likeness (QED) is 0.594. The van der Waals surface area contributed by atoms with Crippen LogP contribution in [-0.2, 0) is 16.1 Å². The Hall–Kier alpha value is -1.93. The lowest BCUT2D eigenvalue weighted by Gasteiger charge is -2.27. The van der Waals surface area contributed by atoms with Gasteiger partial charge in [0.15, 0.2) is 0 Å². The SMILES string of the molecule is CC(CC(=O)Nc1cnn(CC(=O)NCCN(C)C)c1)C1CCNCC1. The summed E-state index contributed by atoms with van der Waals surface area (Å²) in [7, 11) is 3.92. The second kappa shape index (κ2) is 10.3. The van der Waals surface area contributed by atoms with Gasteiger partial charge in [-0.3, -0.25) is 14.3 Å². The maximum absolute atomic E-state index is 12.3. The highest BCUT2D eigenvalue weighted by Gasteiger charge is 2.22. The van der Waals surface area contributed by atoms with E-state index >= 15 is 0 Å². The molecule has 1 saturated heterocycles. The Kier molecular flexibility index (Phi) is 8.06. The lowest BCUT2D eigenvalue weighted by atomic mass is 9.84. The Morgan fingerprint density at radius 2 is 2.08 bits per heavy atom. The molecule has 1 unspecified atom stereocenters. The lowest BCUT2D eigenvalue weighted by molar-refractivity contribution is -0.122. The van der Waals surface area contributed by atoms with E-state index in [4.69, 9.17) is 0 Å². The van der Waals surface area contributed by atoms with Crippen molar-refractivity contribution < 1.29 is 9.59 Å². The monoisotopic (exact) mass is 364 g/mol. The molecule has 2 amide bonds. The molecule has 1 aliphatic rings. The van der Waals surface area contributed by atoms with Crippen LogP contribution >= 0.6 is 0 Å². The van der Waals surface area contributed by atoms with Gasteiger partial charge in [-0.05, 0) is 51.9 Å². The Bertz CT molecular complexity index is 580. The third kappa shape index (κ3) is 7.13. The first kappa shape index (κ1) is 20.4. The van der Waals surface area contributed by atoms with E-state index < -0.39 is 0 Å². The van der Waals surface area contributed by atoms with E-state index in [0.717, 1.165) is 32.5 Å². The molecule has 146 valence electrons. The summed E-state index contributed by atoms with van der Waals surface area (Å²) in [5, 5.41) is 13.2. The van der Waals surface area contributed by atoms with E-state index in [2.05, 4.69) is 28.0 Å². The number of amides is 2. The van der Waals surface area contributed by atoms with Crippen LogP contribution in [0.15, 0.2) is 12.4 Å². The molecule has 0 radical (unpaired) electrons. The van der Waals surface area contributed by atoms with Crippen LogP contribution in [-0.4, -0.2) is 66.8 Å². The van der Waals surface area contributed by atoms with Gasteiger partial charge in [0.2, 0.25) is 11.8 Å². The molecular weight excluding hydrogens is 332 g/mol. The van der Waals surface area contributed by atoms with Crippen LogP contribution in [0.1, 0.15) is 26.2 Å². The zero-order chi connectivity index (χ0) is 18.9. The van der Waals surface area contributed by atoms with Gasteiger partial charge in [-0.15, -0.1) is 0 Å². The van der Waals surface area contributed by atoms with Gasteiger partial charge in [0.1, 0.15) is 6.54 Å². The molecule has 1 fully saturated rings. The molecule has 2 rings (SSSR count). The zero-order valence-corrected chi connectivity index (χ0v) is 16.1. The largest absolute Gasteiger partial charge is 0.353 e. The van der Waals surface area contributed by atoms with Gasteiger partial charge in [-0.1, -0.05) is 6.92 Å². The summed E-state index contributed by atoms with van der Waals surface area (Å²) in [5.41, 5.74) is 0.633. The van der Waals surface area contributed by atoms with Gasteiger partial charge in [-0.2, -0.15) is 5.10 Å². The van der Waals surface area contributed by atoms with Gasteiger partial charge < -0.3 is 20.9 Å². The topological polar surface area (TPSA) is 91.3 Å². The third-order valence-corrected chi connectivity index (χ3v) is 4.80. The van der Waals surface area contributed by atoms with Gasteiger partial charge >= 0.3 is 0 Å². The van der Waals surface area contributed by atoms with Gasteiger partial charge in [0.25, 0.3) is 0 Å². The third-order valence-electron chi connectivity index (χ3n) is 4.80. The van der Waals surface area contributed by atoms with E-state index in [1.54, 1.807) is 12.4 Å². The minimum absolute atomic E-state index is 0.00557. The van der Waals surface area contributed by atoms with Crippen molar-refractivity contribution in [3.8, 4) is 0 Å². The summed E-state index contributed by atoms with van der Waals surface area (Å²) >= 11 is 0. The lowest BCUT2D eigenvalue weighted by Crippen LogP contribution is -2.33. The summed E-state index contributed by atoms with van der Waals surface area (Å²) < 4.78 is 1.54. The first-order chi connectivity index (χ1) is 12.4. The minimum atomic E-state index is -0.0904. The summed E-state index contributed by atoms with van der Waals surface area (Å²) in [6.07, 6.45) is 6.06. The average molecular weight is 364 g/mol. The fraction of sp³-hybridized carbons (Fsp3) is 0.722. The molecule has 1 atom stereocenters. The molecule has 0 saturated carbocycles. The van der Waals surface area contributed by atoms with Crippen LogP contribution in [0, 0.1) is 11.8 Å². The van der Waals surface area contributed by atoms with Crippen molar-refractivity contribution in [3.05, 3.63) is 12.4 Å². The highest BCUT2D eigenvalue weighted by Crippen LogP contribution is 2.24. The maximum atomic E-state index is 12.3.